The molecule has 0 N–H and O–H groups in total. The Morgan fingerprint density at radius 3 is 1.82 bits per heavy atom. The molecule has 0 saturated heterocycles. The number of rotatable bonds is 5. The molecule has 3 heterocycles. The van der Waals surface area contributed by atoms with Crippen molar-refractivity contribution >= 4 is 86.8 Å². The molecule has 306 valence electrons. The second kappa shape index (κ2) is 14.3. The summed E-state index contributed by atoms with van der Waals surface area (Å²) in [4.78, 5) is 16.5. The van der Waals surface area contributed by atoms with Crippen molar-refractivity contribution in [3.05, 3.63) is 218 Å². The van der Waals surface area contributed by atoms with Crippen LogP contribution in [-0.2, 0) is 0 Å². The molecule has 0 spiro atoms. The van der Waals surface area contributed by atoms with E-state index in [9.17, 15) is 0 Å². The maximum absolute atomic E-state index is 7.02. The van der Waals surface area contributed by atoms with Crippen LogP contribution in [0.4, 0.5) is 0 Å². The number of aromatic nitrogens is 4. The van der Waals surface area contributed by atoms with Gasteiger partial charge in [0.2, 0.25) is 0 Å². The molecule has 0 aliphatic heterocycles. The van der Waals surface area contributed by atoms with Crippen molar-refractivity contribution in [2.75, 3.05) is 0 Å². The number of furan rings is 1. The topological polar surface area (TPSA) is 56.7 Å². The Labute approximate surface area is 378 Å². The van der Waals surface area contributed by atoms with Crippen molar-refractivity contribution in [1.82, 2.24) is 19.5 Å². The van der Waals surface area contributed by atoms with E-state index in [4.69, 9.17) is 19.4 Å². The van der Waals surface area contributed by atoms with E-state index >= 15 is 0 Å². The molecular formula is C61H36N4O. The molecule has 66 heavy (non-hydrogen) atoms. The highest BCUT2D eigenvalue weighted by Crippen LogP contribution is 2.45. The molecule has 0 aliphatic carbocycles. The minimum Gasteiger partial charge on any atom is -0.455 e. The molecular weight excluding hydrogens is 805 g/mol. The minimum absolute atomic E-state index is 0.522. The Kier molecular flexibility index (Phi) is 7.91. The van der Waals surface area contributed by atoms with E-state index in [0.717, 1.165) is 88.0 Å². The number of nitrogens with zero attached hydrogens (tertiary/aromatic N) is 4. The zero-order chi connectivity index (χ0) is 43.3. The Balaban J connectivity index is 1.14. The largest absolute Gasteiger partial charge is 0.455 e. The first-order valence-electron chi connectivity index (χ1n) is 22.3. The molecule has 5 nitrogen and oxygen atoms in total. The summed E-state index contributed by atoms with van der Waals surface area (Å²) in [5, 5.41) is 13.7. The predicted molar refractivity (Wildman–Crippen MR) is 273 cm³/mol. The average molecular weight is 841 g/mol. The van der Waals surface area contributed by atoms with Crippen molar-refractivity contribution in [3.63, 3.8) is 0 Å². The molecule has 0 radical (unpaired) electrons. The summed E-state index contributed by atoms with van der Waals surface area (Å²) in [6, 6.07) is 77.5. The van der Waals surface area contributed by atoms with Crippen molar-refractivity contribution in [3.8, 4) is 51.0 Å². The van der Waals surface area contributed by atoms with Gasteiger partial charge in [0.25, 0.3) is 0 Å². The quantitative estimate of drug-likeness (QED) is 0.162. The van der Waals surface area contributed by atoms with Crippen molar-refractivity contribution in [2.45, 2.75) is 0 Å². The van der Waals surface area contributed by atoms with Crippen LogP contribution in [0.15, 0.2) is 223 Å². The van der Waals surface area contributed by atoms with E-state index in [1.807, 2.05) is 18.2 Å². The van der Waals surface area contributed by atoms with Crippen molar-refractivity contribution in [1.29, 1.82) is 0 Å². The lowest BCUT2D eigenvalue weighted by molar-refractivity contribution is 0.669. The van der Waals surface area contributed by atoms with Crippen LogP contribution in [0.5, 0.6) is 0 Å². The van der Waals surface area contributed by atoms with Crippen LogP contribution < -0.4 is 0 Å². The van der Waals surface area contributed by atoms with E-state index in [2.05, 4.69) is 205 Å². The number of fused-ring (bicyclic) bond motifs is 12. The highest BCUT2D eigenvalue weighted by atomic mass is 16.3. The maximum atomic E-state index is 7.02. The third kappa shape index (κ3) is 5.57. The second-order valence-electron chi connectivity index (χ2n) is 17.1. The zero-order valence-corrected chi connectivity index (χ0v) is 35.5. The summed E-state index contributed by atoms with van der Waals surface area (Å²) in [6.07, 6.45) is 0. The van der Waals surface area contributed by atoms with E-state index in [-0.39, 0.29) is 0 Å². The number of hydrogen-bond donors (Lipinski definition) is 0. The maximum Gasteiger partial charge on any atom is 0.170 e. The van der Waals surface area contributed by atoms with Gasteiger partial charge in [0, 0.05) is 32.7 Å². The van der Waals surface area contributed by atoms with E-state index in [1.54, 1.807) is 0 Å². The summed E-state index contributed by atoms with van der Waals surface area (Å²) < 4.78 is 9.42. The summed E-state index contributed by atoms with van der Waals surface area (Å²) >= 11 is 0. The molecule has 0 aliphatic rings. The van der Waals surface area contributed by atoms with Crippen LogP contribution in [0.25, 0.3) is 138 Å². The fourth-order valence-electron chi connectivity index (χ4n) is 10.4. The lowest BCUT2D eigenvalue weighted by Gasteiger charge is -2.16. The van der Waals surface area contributed by atoms with Gasteiger partial charge >= 0.3 is 0 Å². The van der Waals surface area contributed by atoms with E-state index < -0.39 is 0 Å². The Hall–Kier alpha value is -8.93. The van der Waals surface area contributed by atoms with Crippen LogP contribution in [0.3, 0.4) is 0 Å². The summed E-state index contributed by atoms with van der Waals surface area (Å²) in [5.74, 6) is 1.68. The Morgan fingerprint density at radius 1 is 0.333 bits per heavy atom. The molecule has 11 aromatic carbocycles. The molecule has 3 aromatic heterocycles. The SMILES string of the molecule is c1ccc(-c2cccc(-c3nc(-c4cc5ccccc5c5ccccc45)nc(-c4c(-n5c6cc7ccccc7cc6c6c7ccccc7ccc65)ccc5c4oc4ccccc45)n3)c2)cc1. The Morgan fingerprint density at radius 2 is 0.970 bits per heavy atom. The lowest BCUT2D eigenvalue weighted by Crippen LogP contribution is -2.04. The molecule has 0 bridgehead atoms. The van der Waals surface area contributed by atoms with E-state index in [0.29, 0.717) is 17.5 Å². The second-order valence-corrected chi connectivity index (χ2v) is 17.1. The normalized spacial score (nSPS) is 11.9. The van der Waals surface area contributed by atoms with Crippen molar-refractivity contribution in [2.24, 2.45) is 0 Å². The number of benzene rings is 11. The lowest BCUT2D eigenvalue weighted by atomic mass is 9.96. The molecule has 0 atom stereocenters. The smallest absolute Gasteiger partial charge is 0.170 e. The standard InChI is InChI=1S/C61H36N4O/c1-2-15-37(16-3-1)39-21-14-22-43(33-39)59-62-60(50-35-42-20-7-8-23-44(42)46-25-10-11-26-47(46)50)64-61(63-59)57-53(32-30-49-48-27-12-13-28-55(48)66-58(49)57)65-52-31-29-38-17-6-9-24-45(38)56(52)51-34-40-18-4-5-19-41(40)36-54(51)65/h1-36H. The summed E-state index contributed by atoms with van der Waals surface area (Å²) in [6.45, 7) is 0. The van der Waals surface area contributed by atoms with Crippen LogP contribution in [0.2, 0.25) is 0 Å². The minimum atomic E-state index is 0.522. The third-order valence-electron chi connectivity index (χ3n) is 13.4. The van der Waals surface area contributed by atoms with Crippen molar-refractivity contribution < 1.29 is 4.42 Å². The van der Waals surface area contributed by atoms with Gasteiger partial charge in [-0.15, -0.1) is 0 Å². The first kappa shape index (κ1) is 36.5. The fraction of sp³-hybridized carbons (Fsp3) is 0. The number of para-hydroxylation sites is 1. The van der Waals surface area contributed by atoms with Gasteiger partial charge < -0.3 is 8.98 Å². The molecule has 0 fully saturated rings. The van der Waals surface area contributed by atoms with Gasteiger partial charge in [0.15, 0.2) is 17.5 Å². The van der Waals surface area contributed by atoms with E-state index in [1.165, 1.54) is 32.3 Å². The molecule has 14 rings (SSSR count). The van der Waals surface area contributed by atoms with Gasteiger partial charge in [-0.25, -0.2) is 15.0 Å². The molecule has 0 saturated carbocycles. The van der Waals surface area contributed by atoms with Crippen LogP contribution in [0.1, 0.15) is 0 Å². The molecule has 0 amide bonds. The fourth-order valence-corrected chi connectivity index (χ4v) is 10.4. The third-order valence-corrected chi connectivity index (χ3v) is 13.4. The molecule has 5 heteroatoms. The average Bonchev–Trinajstić information content (AvgIpc) is 3.93. The van der Waals surface area contributed by atoms with Crippen LogP contribution >= 0.6 is 0 Å². The first-order valence-corrected chi connectivity index (χ1v) is 22.3. The molecule has 0 unspecified atom stereocenters. The summed E-state index contributed by atoms with van der Waals surface area (Å²) in [5.41, 5.74) is 9.41. The highest BCUT2D eigenvalue weighted by Gasteiger charge is 2.26. The van der Waals surface area contributed by atoms with Gasteiger partial charge in [0.1, 0.15) is 11.2 Å². The van der Waals surface area contributed by atoms with Gasteiger partial charge in [-0.1, -0.05) is 170 Å². The van der Waals surface area contributed by atoms with Gasteiger partial charge in [0.05, 0.1) is 22.3 Å². The van der Waals surface area contributed by atoms with Crippen LogP contribution in [-0.4, -0.2) is 19.5 Å². The van der Waals surface area contributed by atoms with Crippen LogP contribution in [0, 0.1) is 0 Å². The van der Waals surface area contributed by atoms with Gasteiger partial charge in [-0.05, 0) is 103 Å². The monoisotopic (exact) mass is 840 g/mol. The zero-order valence-electron chi connectivity index (χ0n) is 35.5. The summed E-state index contributed by atoms with van der Waals surface area (Å²) in [7, 11) is 0. The van der Waals surface area contributed by atoms with Gasteiger partial charge in [-0.3, -0.25) is 0 Å². The number of hydrogen-bond acceptors (Lipinski definition) is 4. The highest BCUT2D eigenvalue weighted by molar-refractivity contribution is 6.24. The Bertz CT molecular complexity index is 4300. The molecule has 14 aromatic rings. The first-order chi connectivity index (χ1) is 32.7. The van der Waals surface area contributed by atoms with Gasteiger partial charge in [-0.2, -0.15) is 0 Å². The predicted octanol–water partition coefficient (Wildman–Crippen LogP) is 16.1.